The lowest BCUT2D eigenvalue weighted by Crippen LogP contribution is -2.13. The van der Waals surface area contributed by atoms with Gasteiger partial charge in [0.2, 0.25) is 11.6 Å². The van der Waals surface area contributed by atoms with Crippen molar-refractivity contribution in [2.75, 3.05) is 0 Å². The predicted octanol–water partition coefficient (Wildman–Crippen LogP) is 2.17. The highest BCUT2D eigenvalue weighted by Crippen LogP contribution is 2.37. The van der Waals surface area contributed by atoms with E-state index in [0.29, 0.717) is 23.1 Å². The second kappa shape index (κ2) is 4.84. The zero-order valence-electron chi connectivity index (χ0n) is 11.0. The smallest absolute Gasteiger partial charge is 0.359 e. The van der Waals surface area contributed by atoms with Crippen molar-refractivity contribution in [1.82, 2.24) is 9.97 Å². The van der Waals surface area contributed by atoms with Gasteiger partial charge in [-0.25, -0.2) is 9.97 Å². The van der Waals surface area contributed by atoms with Crippen LogP contribution in [0, 0.1) is 12.0 Å². The Hall–Kier alpha value is -2.88. The molecule has 2 aromatic rings. The van der Waals surface area contributed by atoms with E-state index in [9.17, 15) is 18.0 Å². The van der Waals surface area contributed by atoms with Gasteiger partial charge in [-0.3, -0.25) is 4.79 Å². The number of carbonyl (C=O) groups excluding carboxylic acids is 1. The Labute approximate surface area is 123 Å². The minimum absolute atomic E-state index is 0.223. The van der Waals surface area contributed by atoms with Crippen molar-refractivity contribution >= 4 is 5.78 Å². The fourth-order valence-corrected chi connectivity index (χ4v) is 2.29. The van der Waals surface area contributed by atoms with Crippen molar-refractivity contribution in [3.8, 4) is 23.1 Å². The molecule has 3 rings (SSSR count). The Bertz CT molecular complexity index is 847. The molecule has 0 saturated heterocycles. The largest absolute Gasteiger partial charge is 0.451 e. The Morgan fingerprint density at radius 3 is 2.64 bits per heavy atom. The van der Waals surface area contributed by atoms with Crippen molar-refractivity contribution in [1.29, 1.82) is 0 Å². The quantitative estimate of drug-likeness (QED) is 0.552. The highest BCUT2D eigenvalue weighted by molar-refractivity contribution is 6.20. The second-order valence-electron chi connectivity index (χ2n) is 4.66. The molecule has 4 nitrogen and oxygen atoms in total. The van der Waals surface area contributed by atoms with Crippen LogP contribution in [0.25, 0.3) is 11.1 Å². The van der Waals surface area contributed by atoms with Gasteiger partial charge in [-0.1, -0.05) is 18.1 Å². The van der Waals surface area contributed by atoms with Crippen molar-refractivity contribution in [2.24, 2.45) is 5.73 Å². The molecule has 7 heteroatoms. The first kappa shape index (κ1) is 14.1. The van der Waals surface area contributed by atoms with Gasteiger partial charge in [0.15, 0.2) is 0 Å². The van der Waals surface area contributed by atoms with Gasteiger partial charge in [0.25, 0.3) is 0 Å². The Balaban J connectivity index is 2.09. The molecule has 0 aliphatic heterocycles. The zero-order chi connectivity index (χ0) is 15.9. The van der Waals surface area contributed by atoms with Crippen molar-refractivity contribution in [3.63, 3.8) is 0 Å². The number of rotatable bonds is 1. The van der Waals surface area contributed by atoms with Crippen LogP contribution >= 0.6 is 0 Å². The molecule has 2 N–H and O–H groups in total. The fourth-order valence-electron chi connectivity index (χ4n) is 2.29. The van der Waals surface area contributed by atoms with Crippen LogP contribution in [0.15, 0.2) is 24.4 Å². The number of ketones is 1. The van der Waals surface area contributed by atoms with E-state index in [1.54, 1.807) is 18.2 Å². The normalized spacial score (nSPS) is 12.4. The molecule has 22 heavy (non-hydrogen) atoms. The van der Waals surface area contributed by atoms with Gasteiger partial charge in [-0.2, -0.15) is 13.2 Å². The lowest BCUT2D eigenvalue weighted by molar-refractivity contribution is -0.145. The third-order valence-corrected chi connectivity index (χ3v) is 3.27. The summed E-state index contributed by atoms with van der Waals surface area (Å²) in [6.45, 7) is 0. The van der Waals surface area contributed by atoms with Crippen LogP contribution in [0.4, 0.5) is 13.2 Å². The van der Waals surface area contributed by atoms with E-state index in [-0.39, 0.29) is 5.69 Å². The number of hydrogen-bond acceptors (Lipinski definition) is 4. The molecule has 0 spiro atoms. The minimum Gasteiger partial charge on any atom is -0.359 e. The second-order valence-corrected chi connectivity index (χ2v) is 4.66. The molecular formula is C15H8F3N3O. The maximum atomic E-state index is 12.7. The van der Waals surface area contributed by atoms with E-state index in [2.05, 4.69) is 21.9 Å². The number of carbonyl (C=O) groups is 1. The number of benzene rings is 1. The molecule has 1 aliphatic carbocycles. The summed E-state index contributed by atoms with van der Waals surface area (Å²) in [5.74, 6) is 0.801. The molecule has 0 bridgehead atoms. The summed E-state index contributed by atoms with van der Waals surface area (Å²) in [6.07, 6.45) is -3.30. The Morgan fingerprint density at radius 2 is 1.95 bits per heavy atom. The summed E-state index contributed by atoms with van der Waals surface area (Å²) >= 11 is 0. The van der Waals surface area contributed by atoms with Gasteiger partial charge >= 0.3 is 6.18 Å². The molecule has 0 atom stereocenters. The SMILES string of the molecule is NC#CCc1ccc2c(c1)C(=O)c1nc(C(F)(F)F)ncc1-2. The minimum atomic E-state index is -4.69. The molecule has 0 unspecified atom stereocenters. The highest BCUT2D eigenvalue weighted by Gasteiger charge is 2.38. The number of halogens is 3. The molecule has 1 aromatic heterocycles. The van der Waals surface area contributed by atoms with E-state index < -0.39 is 17.8 Å². The number of alkyl halides is 3. The summed E-state index contributed by atoms with van der Waals surface area (Å²) in [5.41, 5.74) is 6.76. The van der Waals surface area contributed by atoms with Crippen LogP contribution in [-0.2, 0) is 12.6 Å². The van der Waals surface area contributed by atoms with Crippen LogP contribution in [0.1, 0.15) is 27.4 Å². The summed E-state index contributed by atoms with van der Waals surface area (Å²) in [6, 6.07) is 7.24. The topological polar surface area (TPSA) is 68.9 Å². The summed E-state index contributed by atoms with van der Waals surface area (Å²) < 4.78 is 38.0. The van der Waals surface area contributed by atoms with Crippen LogP contribution in [0.2, 0.25) is 0 Å². The number of nitrogens with zero attached hydrogens (tertiary/aromatic N) is 2. The molecule has 1 heterocycles. The maximum Gasteiger partial charge on any atom is 0.451 e. The highest BCUT2D eigenvalue weighted by atomic mass is 19.4. The van der Waals surface area contributed by atoms with Crippen LogP contribution < -0.4 is 5.73 Å². The van der Waals surface area contributed by atoms with Crippen molar-refractivity contribution in [2.45, 2.75) is 12.6 Å². The molecule has 110 valence electrons. The summed E-state index contributed by atoms with van der Waals surface area (Å²) in [7, 11) is 0. The number of nitrogens with two attached hydrogens (primary N) is 1. The zero-order valence-corrected chi connectivity index (χ0v) is 11.0. The molecule has 0 radical (unpaired) electrons. The standard InChI is InChI=1S/C15H8F3N3O/c16-15(17,18)14-20-7-11-9-4-3-8(2-1-5-19)6-10(9)13(22)12(11)21-14/h3-4,6-7H,2,19H2. The fraction of sp³-hybridized carbons (Fsp3) is 0.133. The van der Waals surface area contributed by atoms with Crippen LogP contribution in [0.3, 0.4) is 0 Å². The van der Waals surface area contributed by atoms with E-state index in [4.69, 9.17) is 5.73 Å². The average molecular weight is 303 g/mol. The third-order valence-electron chi connectivity index (χ3n) is 3.27. The Kier molecular flexibility index (Phi) is 3.10. The first-order valence-electron chi connectivity index (χ1n) is 6.22. The predicted molar refractivity (Wildman–Crippen MR) is 71.6 cm³/mol. The van der Waals surface area contributed by atoms with Crippen LogP contribution in [-0.4, -0.2) is 15.8 Å². The van der Waals surface area contributed by atoms with Gasteiger partial charge in [-0.05, 0) is 17.2 Å². The van der Waals surface area contributed by atoms with Gasteiger partial charge in [0, 0.05) is 29.8 Å². The molecule has 1 aromatic carbocycles. The number of aromatic nitrogens is 2. The van der Waals surface area contributed by atoms with Crippen molar-refractivity contribution < 1.29 is 18.0 Å². The average Bonchev–Trinajstić information content (AvgIpc) is 2.77. The van der Waals surface area contributed by atoms with E-state index in [0.717, 1.165) is 11.8 Å². The first-order valence-corrected chi connectivity index (χ1v) is 6.22. The Morgan fingerprint density at radius 1 is 1.18 bits per heavy atom. The molecular weight excluding hydrogens is 295 g/mol. The van der Waals surface area contributed by atoms with E-state index in [1.165, 1.54) is 0 Å². The summed E-state index contributed by atoms with van der Waals surface area (Å²) in [4.78, 5) is 19.0. The number of fused-ring (bicyclic) bond motifs is 3. The third kappa shape index (κ3) is 2.19. The van der Waals surface area contributed by atoms with Crippen molar-refractivity contribution in [3.05, 3.63) is 47.0 Å². The van der Waals surface area contributed by atoms with Gasteiger partial charge in [-0.15, -0.1) is 0 Å². The lowest BCUT2D eigenvalue weighted by Gasteiger charge is -2.05. The lowest BCUT2D eigenvalue weighted by atomic mass is 10.0. The first-order chi connectivity index (χ1) is 10.4. The molecule has 0 amide bonds. The van der Waals surface area contributed by atoms with E-state index >= 15 is 0 Å². The van der Waals surface area contributed by atoms with Gasteiger partial charge in [0.1, 0.15) is 5.69 Å². The van der Waals surface area contributed by atoms with Gasteiger partial charge < -0.3 is 5.73 Å². The maximum absolute atomic E-state index is 12.7. The molecule has 0 saturated carbocycles. The monoisotopic (exact) mass is 303 g/mol. The van der Waals surface area contributed by atoms with Crippen LogP contribution in [0.5, 0.6) is 0 Å². The molecule has 1 aliphatic rings. The number of hydrogen-bond donors (Lipinski definition) is 1. The molecule has 0 fully saturated rings. The van der Waals surface area contributed by atoms with Gasteiger partial charge in [0.05, 0.1) is 0 Å². The summed E-state index contributed by atoms with van der Waals surface area (Å²) in [5, 5.41) is 0. The van der Waals surface area contributed by atoms with E-state index in [1.807, 2.05) is 0 Å².